The van der Waals surface area contributed by atoms with Crippen LogP contribution in [-0.2, 0) is 49.5 Å². The van der Waals surface area contributed by atoms with Crippen molar-refractivity contribution in [3.05, 3.63) is 164 Å². The second-order valence-corrected chi connectivity index (χ2v) is 24.0. The van der Waals surface area contributed by atoms with Crippen LogP contribution >= 0.6 is 23.2 Å². The number of aliphatic hydroxyl groups excluding tert-OH is 3. The van der Waals surface area contributed by atoms with E-state index in [2.05, 4.69) is 37.2 Å². The molecule has 7 heterocycles. The maximum atomic E-state index is 16.1. The molecule has 7 aliphatic heterocycles. The van der Waals surface area contributed by atoms with Crippen molar-refractivity contribution >= 4 is 70.6 Å². The van der Waals surface area contributed by atoms with Gasteiger partial charge in [-0.3, -0.25) is 28.8 Å². The summed E-state index contributed by atoms with van der Waals surface area (Å²) < 4.78 is 31.1. The summed E-state index contributed by atoms with van der Waals surface area (Å²) in [6.45, 7) is 0. The molecular weight excluding hydrogens is 1330 g/mol. The molecule has 13 atom stereocenters. The van der Waals surface area contributed by atoms with Crippen LogP contribution in [-0.4, -0.2) is 148 Å². The number of carboxylic acid groups (broad SMARTS) is 2. The maximum absolute atomic E-state index is 16.1. The summed E-state index contributed by atoms with van der Waals surface area (Å²) in [6, 6.07) is 5.82. The number of aromatic hydroxyl groups is 5. The van der Waals surface area contributed by atoms with Crippen LogP contribution in [0.4, 0.5) is 0 Å². The van der Waals surface area contributed by atoms with Crippen molar-refractivity contribution in [3.8, 4) is 80.1 Å². The van der Waals surface area contributed by atoms with Crippen molar-refractivity contribution in [3.63, 3.8) is 0 Å². The smallest absolute Gasteiger partial charge is 0.335 e. The van der Waals surface area contributed by atoms with Crippen molar-refractivity contribution in [2.24, 2.45) is 5.73 Å². The third kappa shape index (κ3) is 12.8. The van der Waals surface area contributed by atoms with Gasteiger partial charge in [-0.25, -0.2) is 9.59 Å². The van der Waals surface area contributed by atoms with Gasteiger partial charge >= 0.3 is 11.9 Å². The third-order valence-electron chi connectivity index (χ3n) is 16.8. The second kappa shape index (κ2) is 26.4. The van der Waals surface area contributed by atoms with E-state index in [0.29, 0.717) is 5.56 Å². The first-order chi connectivity index (χ1) is 46.6. The van der Waals surface area contributed by atoms with E-state index in [1.807, 2.05) is 0 Å². The van der Waals surface area contributed by atoms with Crippen molar-refractivity contribution < 1.29 is 113 Å². The zero-order chi connectivity index (χ0) is 70.0. The maximum Gasteiger partial charge on any atom is 0.335 e. The van der Waals surface area contributed by atoms with E-state index in [1.54, 1.807) is 0 Å². The minimum Gasteiger partial charge on any atom is -0.508 e. The quantitative estimate of drug-likeness (QED) is 0.118. The first kappa shape index (κ1) is 66.8. The fraction of sp³-hybridized carbons (Fsp3) is 0.231. The molecule has 0 spiro atoms. The van der Waals surface area contributed by atoms with Crippen LogP contribution in [0.3, 0.4) is 0 Å². The molecular formula is C65H56Cl2N8O23. The second-order valence-electron chi connectivity index (χ2n) is 23.2. The van der Waals surface area contributed by atoms with Crippen LogP contribution < -0.4 is 61.9 Å². The van der Waals surface area contributed by atoms with Crippen molar-refractivity contribution in [1.29, 1.82) is 0 Å². The molecule has 0 aliphatic carbocycles. The Balaban J connectivity index is 1.12. The van der Waals surface area contributed by atoms with Crippen LogP contribution in [0, 0.1) is 0 Å². The van der Waals surface area contributed by atoms with Gasteiger partial charge in [0.25, 0.3) is 0 Å². The number of likely N-dealkylation sites (N-methyl/N-ethyl adjacent to an activating group) is 1. The minimum absolute atomic E-state index is 0.0938. The Kier molecular flexibility index (Phi) is 18.0. The lowest BCUT2D eigenvalue weighted by atomic mass is 9.89. The number of ether oxygens (including phenoxy) is 5. The Hall–Kier alpha value is -11.2. The number of hydrogen-bond acceptors (Lipinski definition) is 23. The number of hydrogen-bond donors (Lipinski definition) is 18. The van der Waals surface area contributed by atoms with Crippen LogP contribution in [0.1, 0.15) is 75.3 Å². The number of phenols is 5. The molecule has 7 aromatic rings. The summed E-state index contributed by atoms with van der Waals surface area (Å²) in [6.07, 6.45) is -11.0. The largest absolute Gasteiger partial charge is 0.508 e. The SMILES string of the molecule is CN[C@H]1C(=O)N[C@@H]2Cc3ccc(cc3)Oc3cc4cc(c3O[C@@H]3O[C@H](C(=O)O)[C@@H](O)[C@H](O)[C@H]3N)Oc3ccc(cc3Cl)[C@@H](O)[C@@H]3NC(=O)[C@H](NC(=O)[C@@H]4NC(=O)[C@@H](NC2=O)c2cc(cc(O)c2Cl)Oc2cc1ccc2O)c1ccc(O)c(c1)-c1c(O)cc(O)cc1[C@@H](C(=O)O)NC3=O. The first-order valence-electron chi connectivity index (χ1n) is 29.6. The average Bonchev–Trinajstić information content (AvgIpc) is 0.769. The van der Waals surface area contributed by atoms with Gasteiger partial charge in [0.15, 0.2) is 35.1 Å². The number of fused-ring (bicyclic) bond motifs is 14. The third-order valence-corrected chi connectivity index (χ3v) is 17.6. The van der Waals surface area contributed by atoms with Gasteiger partial charge in [-0.2, -0.15) is 0 Å². The van der Waals surface area contributed by atoms with Crippen LogP contribution in [0.5, 0.6) is 69.0 Å². The summed E-state index contributed by atoms with van der Waals surface area (Å²) in [5.74, 6) is -17.6. The van der Waals surface area contributed by atoms with E-state index in [1.165, 1.54) is 49.5 Å². The molecule has 33 heteroatoms. The van der Waals surface area contributed by atoms with Gasteiger partial charge in [0.1, 0.15) is 94.8 Å². The van der Waals surface area contributed by atoms with E-state index >= 15 is 19.2 Å². The lowest BCUT2D eigenvalue weighted by molar-refractivity contribution is -0.236. The molecule has 6 amide bonds. The van der Waals surface area contributed by atoms with Crippen molar-refractivity contribution in [2.45, 2.75) is 85.5 Å². The highest BCUT2D eigenvalue weighted by Gasteiger charge is 2.49. The Morgan fingerprint density at radius 3 is 1.88 bits per heavy atom. The number of nitrogens with one attached hydrogen (secondary N) is 7. The zero-order valence-corrected chi connectivity index (χ0v) is 51.8. The van der Waals surface area contributed by atoms with E-state index in [4.69, 9.17) is 52.6 Å². The molecule has 31 nitrogen and oxygen atoms in total. The first-order valence-corrected chi connectivity index (χ1v) is 30.3. The number of nitrogens with two attached hydrogens (primary N) is 1. The lowest BCUT2D eigenvalue weighted by Crippen LogP contribution is -2.64. The number of rotatable bonds is 5. The van der Waals surface area contributed by atoms with E-state index < -0.39 is 210 Å². The van der Waals surface area contributed by atoms with Crippen molar-refractivity contribution in [2.75, 3.05) is 7.05 Å². The monoisotopic (exact) mass is 1390 g/mol. The molecule has 7 aromatic carbocycles. The Morgan fingerprint density at radius 1 is 0.551 bits per heavy atom. The Morgan fingerprint density at radius 2 is 1.18 bits per heavy atom. The number of aliphatic carboxylic acids is 2. The molecule has 7 aliphatic rings. The number of aliphatic hydroxyl groups is 3. The summed E-state index contributed by atoms with van der Waals surface area (Å²) in [5, 5.41) is 128. The summed E-state index contributed by atoms with van der Waals surface area (Å²) in [4.78, 5) is 118. The Bertz CT molecular complexity index is 4490. The summed E-state index contributed by atoms with van der Waals surface area (Å²) in [7, 11) is 1.43. The van der Waals surface area contributed by atoms with E-state index in [0.717, 1.165) is 72.8 Å². The number of carbonyl (C=O) groups excluding carboxylic acids is 6. The Labute approximate surface area is 561 Å². The molecule has 0 radical (unpaired) electrons. The predicted octanol–water partition coefficient (Wildman–Crippen LogP) is 2.78. The molecule has 14 rings (SSSR count). The van der Waals surface area contributed by atoms with E-state index in [-0.39, 0.29) is 46.1 Å². The van der Waals surface area contributed by atoms with Gasteiger partial charge < -0.3 is 118 Å². The van der Waals surface area contributed by atoms with Gasteiger partial charge in [0.2, 0.25) is 47.5 Å². The molecule has 0 unspecified atom stereocenters. The highest BCUT2D eigenvalue weighted by molar-refractivity contribution is 6.33. The normalized spacial score (nSPS) is 25.4. The fourth-order valence-corrected chi connectivity index (χ4v) is 12.3. The van der Waals surface area contributed by atoms with Gasteiger partial charge in [-0.05, 0) is 108 Å². The summed E-state index contributed by atoms with van der Waals surface area (Å²) in [5.41, 5.74) is 3.82. The molecule has 17 bridgehead atoms. The molecule has 19 N–H and O–H groups in total. The number of phenolic OH excluding ortho intramolecular Hbond substituents is 5. The molecule has 0 saturated carbocycles. The molecule has 1 fully saturated rings. The van der Waals surface area contributed by atoms with Gasteiger partial charge in [-0.15, -0.1) is 0 Å². The van der Waals surface area contributed by atoms with Crippen LogP contribution in [0.15, 0.2) is 115 Å². The highest BCUT2D eigenvalue weighted by atomic mass is 35.5. The zero-order valence-electron chi connectivity index (χ0n) is 50.3. The number of carbonyl (C=O) groups is 8. The van der Waals surface area contributed by atoms with E-state index in [9.17, 15) is 70.2 Å². The van der Waals surface area contributed by atoms with Crippen LogP contribution in [0.25, 0.3) is 11.1 Å². The molecule has 0 aromatic heterocycles. The van der Waals surface area contributed by atoms with Gasteiger partial charge in [0, 0.05) is 40.8 Å². The van der Waals surface area contributed by atoms with Crippen LogP contribution in [0.2, 0.25) is 10.0 Å². The lowest BCUT2D eigenvalue weighted by Gasteiger charge is -2.39. The molecule has 1 saturated heterocycles. The predicted molar refractivity (Wildman–Crippen MR) is 335 cm³/mol. The molecule has 98 heavy (non-hydrogen) atoms. The van der Waals surface area contributed by atoms with Gasteiger partial charge in [-0.1, -0.05) is 53.5 Å². The number of benzene rings is 7. The highest BCUT2D eigenvalue weighted by Crippen LogP contribution is 2.49. The van der Waals surface area contributed by atoms with Crippen molar-refractivity contribution in [1.82, 2.24) is 37.2 Å². The number of halogens is 2. The number of carboxylic acids is 2. The summed E-state index contributed by atoms with van der Waals surface area (Å²) >= 11 is 13.9. The molecule has 508 valence electrons. The topological polar surface area (TPSA) is 495 Å². The average molecular weight is 1390 g/mol. The minimum atomic E-state index is -2.34. The standard InChI is InChI=1S/C65H56Cl2N8O23/c1-69-46-24-5-10-36(78)40(15-24)95-29-20-32(44(67)38(80)21-29)49-61(88)72-48-26-16-41(94-28-7-2-22(3-8-28)12-34(57(84)73-49)70-58(46)85)55(97-65-45(68)53(82)54(83)56(98-65)64(92)93)42(17-26)96-39-11-6-25(14-33(39)66)52(81)51-62(89)74-50(63(90)91)31-18-27(76)19-37(79)43(31)30-13-23(4-9-35(30)77)47(59(86)75-51)71-60(48)87/h2-11,13-21,34,45-54,56,65,69,76-83H,12,68H2,1H3,(H,70,85)(H,71,87)(H,72,88)(H,73,84)(H,74,89)(H,75,86)(H,90,91)(H,92,93)/t34-,45-,46-,47-,48-,49+,50+,51+,52-,53-,54+,56+,65-/m1/s1. The fourth-order valence-electron chi connectivity index (χ4n) is 11.9. The van der Waals surface area contributed by atoms with Gasteiger partial charge in [0.05, 0.1) is 16.1 Å². The number of amides is 6.